The number of carbonyl (C=O) groups excluding carboxylic acids is 1. The largest absolute Gasteiger partial charge is 0.444 e. The van der Waals surface area contributed by atoms with Crippen molar-refractivity contribution in [1.82, 2.24) is 9.88 Å². The molecule has 9 heteroatoms. The second-order valence-electron chi connectivity index (χ2n) is 11.6. The van der Waals surface area contributed by atoms with Crippen LogP contribution in [0.2, 0.25) is 5.02 Å². The van der Waals surface area contributed by atoms with Gasteiger partial charge in [-0.25, -0.2) is 4.79 Å². The number of ether oxygens (including phenoxy) is 2. The number of aromatic nitrogens is 1. The molecule has 2 atom stereocenters. The standard InChI is InChI=1S/C29H36ClN3O4S/c1-28(2,3)37-27(35)33-15-20(14-29(33,4)17-36-5)32-10-6-7-18-11-19(30)12-23(25(18)32)22-8-9-31-24-13-21(16-34)38-26(22)24/h8-9,11-13,20,34H,6-7,10,14-17H2,1-5H3/t20-,29+/m0/s1. The van der Waals surface area contributed by atoms with Crippen LogP contribution in [-0.4, -0.2) is 65.1 Å². The molecule has 0 spiro atoms. The molecule has 38 heavy (non-hydrogen) atoms. The van der Waals surface area contributed by atoms with E-state index in [-0.39, 0.29) is 18.7 Å². The van der Waals surface area contributed by atoms with Gasteiger partial charge < -0.3 is 19.5 Å². The number of nitrogens with zero attached hydrogens (tertiary/aromatic N) is 3. The number of hydrogen-bond donors (Lipinski definition) is 1. The SMILES string of the molecule is COC[C@@]1(C)C[C@H](N2CCCc3cc(Cl)cc(-c4ccnc5cc(CO)sc45)c32)CN1C(=O)OC(C)(C)C. The number of aryl methyl sites for hydroxylation is 1. The van der Waals surface area contributed by atoms with Crippen molar-refractivity contribution in [3.05, 3.63) is 45.9 Å². The second-order valence-corrected chi connectivity index (χ2v) is 13.2. The number of fused-ring (bicyclic) bond motifs is 2. The molecule has 2 aliphatic rings. The number of amides is 1. The van der Waals surface area contributed by atoms with E-state index in [1.165, 1.54) is 11.3 Å². The zero-order valence-corrected chi connectivity index (χ0v) is 24.3. The molecule has 204 valence electrons. The first-order chi connectivity index (χ1) is 18.0. The molecule has 0 saturated carbocycles. The lowest BCUT2D eigenvalue weighted by atomic mass is 9.91. The van der Waals surface area contributed by atoms with Gasteiger partial charge >= 0.3 is 6.09 Å². The Labute approximate surface area is 233 Å². The number of hydrogen-bond acceptors (Lipinski definition) is 7. The third-order valence-electron chi connectivity index (χ3n) is 7.43. The first-order valence-electron chi connectivity index (χ1n) is 13.1. The Kier molecular flexibility index (Phi) is 7.37. The van der Waals surface area contributed by atoms with Gasteiger partial charge in [-0.1, -0.05) is 11.6 Å². The van der Waals surface area contributed by atoms with Gasteiger partial charge in [0.15, 0.2) is 0 Å². The molecule has 2 aromatic heterocycles. The zero-order chi connectivity index (χ0) is 27.2. The first kappa shape index (κ1) is 27.2. The first-order valence-corrected chi connectivity index (χ1v) is 14.3. The van der Waals surface area contributed by atoms with Gasteiger partial charge in [-0.2, -0.15) is 0 Å². The Bertz CT molecular complexity index is 1350. The van der Waals surface area contributed by atoms with E-state index in [0.717, 1.165) is 52.0 Å². The maximum atomic E-state index is 13.3. The number of thiophene rings is 1. The summed E-state index contributed by atoms with van der Waals surface area (Å²) in [5.74, 6) is 0. The molecule has 7 nitrogen and oxygen atoms in total. The summed E-state index contributed by atoms with van der Waals surface area (Å²) >= 11 is 8.24. The average molecular weight is 558 g/mol. The van der Waals surface area contributed by atoms with Gasteiger partial charge in [-0.15, -0.1) is 11.3 Å². The van der Waals surface area contributed by atoms with Crippen molar-refractivity contribution in [3.8, 4) is 11.1 Å². The molecular formula is C29H36ClN3O4S. The molecular weight excluding hydrogens is 522 g/mol. The molecule has 0 aliphatic carbocycles. The van der Waals surface area contributed by atoms with Crippen LogP contribution in [-0.2, 0) is 22.5 Å². The van der Waals surface area contributed by atoms with Crippen molar-refractivity contribution in [3.63, 3.8) is 0 Å². The van der Waals surface area contributed by atoms with Gasteiger partial charge in [0.05, 0.1) is 29.0 Å². The van der Waals surface area contributed by atoms with Crippen LogP contribution < -0.4 is 4.90 Å². The normalized spacial score (nSPS) is 21.7. The highest BCUT2D eigenvalue weighted by molar-refractivity contribution is 7.19. The summed E-state index contributed by atoms with van der Waals surface area (Å²) < 4.78 is 12.5. The Morgan fingerprint density at radius 1 is 1.29 bits per heavy atom. The Balaban J connectivity index is 1.58. The van der Waals surface area contributed by atoms with Crippen LogP contribution in [0.4, 0.5) is 10.5 Å². The summed E-state index contributed by atoms with van der Waals surface area (Å²) in [5, 5.41) is 10.5. The van der Waals surface area contributed by atoms with Gasteiger partial charge in [-0.3, -0.25) is 9.88 Å². The molecule has 3 aromatic rings. The van der Waals surface area contributed by atoms with Gasteiger partial charge in [-0.05, 0) is 76.8 Å². The number of likely N-dealkylation sites (tertiary alicyclic amines) is 1. The molecule has 1 saturated heterocycles. The van der Waals surface area contributed by atoms with Crippen LogP contribution >= 0.6 is 22.9 Å². The topological polar surface area (TPSA) is 75.1 Å². The molecule has 1 amide bonds. The van der Waals surface area contributed by atoms with Crippen LogP contribution in [0.15, 0.2) is 30.5 Å². The summed E-state index contributed by atoms with van der Waals surface area (Å²) in [4.78, 5) is 23.1. The van der Waals surface area contributed by atoms with Gasteiger partial charge in [0.25, 0.3) is 0 Å². The summed E-state index contributed by atoms with van der Waals surface area (Å²) in [7, 11) is 1.68. The Morgan fingerprint density at radius 3 is 2.79 bits per heavy atom. The third-order valence-corrected chi connectivity index (χ3v) is 8.79. The Hall–Kier alpha value is -2.39. The van der Waals surface area contributed by atoms with Crippen LogP contribution in [0.1, 0.15) is 51.0 Å². The highest BCUT2D eigenvalue weighted by atomic mass is 35.5. The molecule has 2 aliphatic heterocycles. The van der Waals surface area contributed by atoms with E-state index in [0.29, 0.717) is 18.2 Å². The van der Waals surface area contributed by atoms with Gasteiger partial charge in [0, 0.05) is 59.2 Å². The van der Waals surface area contributed by atoms with E-state index in [1.54, 1.807) is 18.4 Å². The highest BCUT2D eigenvalue weighted by Gasteiger charge is 2.48. The van der Waals surface area contributed by atoms with Crippen LogP contribution in [0.25, 0.3) is 21.3 Å². The van der Waals surface area contributed by atoms with Gasteiger partial charge in [0.1, 0.15) is 5.60 Å². The smallest absolute Gasteiger partial charge is 0.410 e. The number of anilines is 1. The highest BCUT2D eigenvalue weighted by Crippen LogP contribution is 2.46. The molecule has 0 radical (unpaired) electrons. The molecule has 0 bridgehead atoms. The number of aliphatic hydroxyl groups is 1. The van der Waals surface area contributed by atoms with Gasteiger partial charge in [0.2, 0.25) is 0 Å². The summed E-state index contributed by atoms with van der Waals surface area (Å²) in [6.07, 6.45) is 4.23. The molecule has 5 rings (SSSR count). The minimum Gasteiger partial charge on any atom is -0.444 e. The maximum Gasteiger partial charge on any atom is 0.410 e. The van der Waals surface area contributed by atoms with E-state index in [4.69, 9.17) is 21.1 Å². The minimum atomic E-state index is -0.578. The number of halogens is 1. The summed E-state index contributed by atoms with van der Waals surface area (Å²) in [6.45, 7) is 9.62. The molecule has 1 aromatic carbocycles. The van der Waals surface area contributed by atoms with Crippen molar-refractivity contribution >= 4 is 44.9 Å². The van der Waals surface area contributed by atoms with Crippen molar-refractivity contribution in [2.24, 2.45) is 0 Å². The lowest BCUT2D eigenvalue weighted by Gasteiger charge is -2.38. The second kappa shape index (κ2) is 10.3. The predicted molar refractivity (Wildman–Crippen MR) is 153 cm³/mol. The van der Waals surface area contributed by atoms with E-state index in [2.05, 4.69) is 22.9 Å². The van der Waals surface area contributed by atoms with E-state index < -0.39 is 11.1 Å². The number of pyridine rings is 1. The molecule has 1 N–H and O–H groups in total. The number of benzene rings is 1. The Morgan fingerprint density at radius 2 is 2.08 bits per heavy atom. The van der Waals surface area contributed by atoms with Crippen LogP contribution in [0, 0.1) is 0 Å². The lowest BCUT2D eigenvalue weighted by Crippen LogP contribution is -2.49. The maximum absolute atomic E-state index is 13.3. The number of aliphatic hydroxyl groups excluding tert-OH is 1. The van der Waals surface area contributed by atoms with Crippen molar-refractivity contribution < 1.29 is 19.4 Å². The fraction of sp³-hybridized carbons (Fsp3) is 0.517. The minimum absolute atomic E-state index is 0.0130. The molecule has 0 unspecified atom stereocenters. The fourth-order valence-corrected chi connectivity index (χ4v) is 7.21. The van der Waals surface area contributed by atoms with Crippen molar-refractivity contribution in [2.45, 2.75) is 70.7 Å². The van der Waals surface area contributed by atoms with Crippen molar-refractivity contribution in [2.75, 3.05) is 31.7 Å². The number of rotatable bonds is 5. The monoisotopic (exact) mass is 557 g/mol. The third kappa shape index (κ3) is 5.11. The molecule has 4 heterocycles. The van der Waals surface area contributed by atoms with Crippen molar-refractivity contribution in [1.29, 1.82) is 0 Å². The quantitative estimate of drug-likeness (QED) is 0.398. The van der Waals surface area contributed by atoms with Crippen LogP contribution in [0.3, 0.4) is 0 Å². The van der Waals surface area contributed by atoms with Crippen LogP contribution in [0.5, 0.6) is 0 Å². The summed E-state index contributed by atoms with van der Waals surface area (Å²) in [6, 6.07) is 8.20. The lowest BCUT2D eigenvalue weighted by molar-refractivity contribution is -0.00567. The van der Waals surface area contributed by atoms with E-state index in [1.807, 2.05) is 50.1 Å². The average Bonchev–Trinajstić information content (AvgIpc) is 3.43. The predicted octanol–water partition coefficient (Wildman–Crippen LogP) is 6.28. The number of methoxy groups -OCH3 is 1. The zero-order valence-electron chi connectivity index (χ0n) is 22.7. The number of carbonyl (C=O) groups is 1. The fourth-order valence-electron chi connectivity index (χ4n) is 5.97. The van der Waals surface area contributed by atoms with E-state index >= 15 is 0 Å². The summed E-state index contributed by atoms with van der Waals surface area (Å²) in [5.41, 5.74) is 4.32. The molecule has 1 fully saturated rings. The van der Waals surface area contributed by atoms with E-state index in [9.17, 15) is 9.90 Å².